The summed E-state index contributed by atoms with van der Waals surface area (Å²) >= 11 is 0. The number of para-hydroxylation sites is 4. The lowest BCUT2D eigenvalue weighted by Gasteiger charge is -2.25. The molecule has 4 nitrogen and oxygen atoms in total. The zero-order chi connectivity index (χ0) is 49.0. The van der Waals surface area contributed by atoms with Crippen LogP contribution in [0.4, 0.5) is 34.1 Å². The van der Waals surface area contributed by atoms with Crippen molar-refractivity contribution in [1.29, 1.82) is 0 Å². The molecule has 0 fully saturated rings. The Hall–Kier alpha value is -9.90. The Morgan fingerprint density at radius 3 is 1.12 bits per heavy atom. The fourth-order valence-corrected chi connectivity index (χ4v) is 11.1. The number of rotatable bonds is 10. The van der Waals surface area contributed by atoms with Crippen LogP contribution in [0.2, 0.25) is 0 Å². The molecule has 0 saturated carbocycles. The van der Waals surface area contributed by atoms with E-state index in [1.54, 1.807) is 0 Å². The molecule has 0 spiro atoms. The van der Waals surface area contributed by atoms with Gasteiger partial charge >= 0.3 is 0 Å². The molecule has 0 amide bonds. The van der Waals surface area contributed by atoms with Crippen LogP contribution < -0.4 is 9.80 Å². The zero-order valence-electron chi connectivity index (χ0n) is 40.5. The number of benzene rings is 12. The van der Waals surface area contributed by atoms with Gasteiger partial charge in [0.2, 0.25) is 0 Å². The van der Waals surface area contributed by atoms with Crippen molar-refractivity contribution in [3.63, 3.8) is 0 Å². The third-order valence-corrected chi connectivity index (χ3v) is 14.6. The largest absolute Gasteiger partial charge is 0.311 e. The molecule has 0 unspecified atom stereocenters. The Morgan fingerprint density at radius 2 is 0.568 bits per heavy atom. The normalized spacial score (nSPS) is 11.5. The van der Waals surface area contributed by atoms with Gasteiger partial charge in [-0.25, -0.2) is 0 Å². The molecule has 2 aromatic heterocycles. The van der Waals surface area contributed by atoms with E-state index < -0.39 is 0 Å². The molecule has 0 aliphatic heterocycles. The number of hydrogen-bond donors (Lipinski definition) is 0. The summed E-state index contributed by atoms with van der Waals surface area (Å²) in [4.78, 5) is 4.68. The fourth-order valence-electron chi connectivity index (χ4n) is 11.1. The van der Waals surface area contributed by atoms with Crippen LogP contribution in [0.3, 0.4) is 0 Å². The first-order chi connectivity index (χ1) is 36.7. The Bertz CT molecular complexity index is 4250. The quantitative estimate of drug-likeness (QED) is 0.136. The molecule has 0 N–H and O–H groups in total. The van der Waals surface area contributed by atoms with Gasteiger partial charge in [0, 0.05) is 56.3 Å². The number of aromatic nitrogens is 2. The van der Waals surface area contributed by atoms with Gasteiger partial charge in [0.1, 0.15) is 0 Å². The van der Waals surface area contributed by atoms with Gasteiger partial charge in [0.05, 0.1) is 22.1 Å². The first kappa shape index (κ1) is 42.9. The van der Waals surface area contributed by atoms with Crippen LogP contribution in [-0.2, 0) is 0 Å². The van der Waals surface area contributed by atoms with Crippen LogP contribution in [0.15, 0.2) is 291 Å². The summed E-state index contributed by atoms with van der Waals surface area (Å²) < 4.78 is 5.00. The topological polar surface area (TPSA) is 16.3 Å². The van der Waals surface area contributed by atoms with Crippen molar-refractivity contribution >= 4 is 88.5 Å². The second kappa shape index (κ2) is 18.1. The summed E-state index contributed by atoms with van der Waals surface area (Å²) in [5, 5.41) is 7.22. The maximum absolute atomic E-state index is 2.50. The van der Waals surface area contributed by atoms with Crippen LogP contribution in [0, 0.1) is 0 Å². The first-order valence-electron chi connectivity index (χ1n) is 25.3. The Labute approximate surface area is 430 Å². The molecule has 0 atom stereocenters. The van der Waals surface area contributed by atoms with E-state index in [4.69, 9.17) is 0 Å². The second-order valence-electron chi connectivity index (χ2n) is 19.0. The summed E-state index contributed by atoms with van der Waals surface area (Å²) in [7, 11) is 0. The lowest BCUT2D eigenvalue weighted by Crippen LogP contribution is -2.09. The predicted octanol–water partition coefficient (Wildman–Crippen LogP) is 19.3. The highest BCUT2D eigenvalue weighted by Gasteiger charge is 2.25. The molecule has 0 aliphatic carbocycles. The number of nitrogens with zero attached hydrogens (tertiary/aromatic N) is 4. The van der Waals surface area contributed by atoms with Gasteiger partial charge < -0.3 is 18.9 Å². The average molecular weight is 945 g/mol. The van der Waals surface area contributed by atoms with Crippen molar-refractivity contribution in [1.82, 2.24) is 9.13 Å². The molecular formula is C70H48N4. The van der Waals surface area contributed by atoms with E-state index in [0.717, 1.165) is 84.1 Å². The Morgan fingerprint density at radius 1 is 0.216 bits per heavy atom. The molecule has 4 heteroatoms. The number of anilines is 6. The first-order valence-corrected chi connectivity index (χ1v) is 25.3. The van der Waals surface area contributed by atoms with E-state index in [1.807, 2.05) is 0 Å². The highest BCUT2D eigenvalue weighted by Crippen LogP contribution is 2.46. The van der Waals surface area contributed by atoms with Gasteiger partial charge in [-0.2, -0.15) is 0 Å². The molecule has 14 aromatic rings. The van der Waals surface area contributed by atoms with Gasteiger partial charge in [-0.1, -0.05) is 170 Å². The van der Waals surface area contributed by atoms with Crippen molar-refractivity contribution in [3.05, 3.63) is 291 Å². The van der Waals surface area contributed by atoms with Crippen LogP contribution >= 0.6 is 0 Å². The lowest BCUT2D eigenvalue weighted by atomic mass is 10.0. The third-order valence-electron chi connectivity index (χ3n) is 14.6. The van der Waals surface area contributed by atoms with Crippen LogP contribution in [0.5, 0.6) is 0 Å². The average Bonchev–Trinajstić information content (AvgIpc) is 4.01. The lowest BCUT2D eigenvalue weighted by molar-refractivity contribution is 1.18. The summed E-state index contributed by atoms with van der Waals surface area (Å²) in [6, 6.07) is 106. The Kier molecular flexibility index (Phi) is 10.5. The van der Waals surface area contributed by atoms with E-state index >= 15 is 0 Å². The standard InChI is InChI=1S/C70H48N4/c1-5-21-57(22-6-1)71(58-23-7-2-8-24-58)61-37-31-52(32-38-61)56-36-43-67-65(47-56)69-70(74(67)63-41-35-50-18-14-16-20-54(50)46-63)66-48-64(72(59-25-9-3-10-26-59)60-27-11-4-12-28-60)42-44-68(66)73(69)62-39-33-51(34-40-62)55-30-29-49-17-13-15-19-53(49)45-55/h1-48H. The van der Waals surface area contributed by atoms with Gasteiger partial charge in [-0.15, -0.1) is 0 Å². The summed E-state index contributed by atoms with van der Waals surface area (Å²) in [6.07, 6.45) is 0. The molecular weight excluding hydrogens is 897 g/mol. The van der Waals surface area contributed by atoms with E-state index in [1.165, 1.54) is 38.1 Å². The molecule has 2 heterocycles. The molecule has 0 aliphatic rings. The molecule has 74 heavy (non-hydrogen) atoms. The van der Waals surface area contributed by atoms with Crippen molar-refractivity contribution < 1.29 is 0 Å². The van der Waals surface area contributed by atoms with Crippen molar-refractivity contribution in [2.45, 2.75) is 0 Å². The smallest absolute Gasteiger partial charge is 0.0804 e. The van der Waals surface area contributed by atoms with E-state index in [0.29, 0.717) is 0 Å². The van der Waals surface area contributed by atoms with Crippen LogP contribution in [-0.4, -0.2) is 9.13 Å². The third kappa shape index (κ3) is 7.48. The monoisotopic (exact) mass is 944 g/mol. The fraction of sp³-hybridized carbons (Fsp3) is 0. The van der Waals surface area contributed by atoms with Gasteiger partial charge in [0.25, 0.3) is 0 Å². The SMILES string of the molecule is c1ccc(N(c2ccccc2)c2ccc(-c3ccc4c(c3)c3c(c5cc(N(c6ccccc6)c6ccccc6)ccc5n3-c3ccc(-c5ccc6ccccc6c5)cc3)n4-c3ccc4ccccc4c3)cc2)cc1. The van der Waals surface area contributed by atoms with E-state index in [2.05, 4.69) is 310 Å². The van der Waals surface area contributed by atoms with Gasteiger partial charge in [-0.05, 0) is 165 Å². The van der Waals surface area contributed by atoms with Crippen molar-refractivity contribution in [2.24, 2.45) is 0 Å². The molecule has 348 valence electrons. The summed E-state index contributed by atoms with van der Waals surface area (Å²) in [6.45, 7) is 0. The minimum absolute atomic E-state index is 1.08. The highest BCUT2D eigenvalue weighted by atomic mass is 15.1. The minimum Gasteiger partial charge on any atom is -0.311 e. The molecule has 0 bridgehead atoms. The zero-order valence-corrected chi connectivity index (χ0v) is 40.5. The molecule has 14 rings (SSSR count). The summed E-state index contributed by atoms with van der Waals surface area (Å²) in [5.41, 5.74) is 18.1. The molecule has 0 radical (unpaired) electrons. The summed E-state index contributed by atoms with van der Waals surface area (Å²) in [5.74, 6) is 0. The van der Waals surface area contributed by atoms with Crippen LogP contribution in [0.1, 0.15) is 0 Å². The predicted molar refractivity (Wildman–Crippen MR) is 313 cm³/mol. The van der Waals surface area contributed by atoms with Crippen molar-refractivity contribution in [3.8, 4) is 33.6 Å². The Balaban J connectivity index is 1.01. The van der Waals surface area contributed by atoms with Crippen molar-refractivity contribution in [2.75, 3.05) is 9.80 Å². The number of fused-ring (bicyclic) bond motifs is 7. The molecule has 0 saturated heterocycles. The molecule has 12 aromatic carbocycles. The van der Waals surface area contributed by atoms with E-state index in [9.17, 15) is 0 Å². The maximum atomic E-state index is 2.50. The second-order valence-corrected chi connectivity index (χ2v) is 19.0. The van der Waals surface area contributed by atoms with Gasteiger partial charge in [-0.3, -0.25) is 0 Å². The van der Waals surface area contributed by atoms with Crippen LogP contribution in [0.25, 0.3) is 88.0 Å². The number of hydrogen-bond acceptors (Lipinski definition) is 2. The maximum Gasteiger partial charge on any atom is 0.0804 e. The highest BCUT2D eigenvalue weighted by molar-refractivity contribution is 6.21. The van der Waals surface area contributed by atoms with E-state index in [-0.39, 0.29) is 0 Å². The minimum atomic E-state index is 1.08. The van der Waals surface area contributed by atoms with Gasteiger partial charge in [0.15, 0.2) is 0 Å².